The number of alkyl carbamates (subject to hydrolysis) is 1. The maximum atomic E-state index is 10.3. The van der Waals surface area contributed by atoms with Gasteiger partial charge in [-0.1, -0.05) is 0 Å². The summed E-state index contributed by atoms with van der Waals surface area (Å²) in [6.45, 7) is 1.10. The highest BCUT2D eigenvalue weighted by Gasteiger charge is 2.03. The molecule has 0 aromatic heterocycles. The lowest BCUT2D eigenvalue weighted by molar-refractivity contribution is 0.113. The predicted molar refractivity (Wildman–Crippen MR) is 25.3 cm³/mol. The van der Waals surface area contributed by atoms with Gasteiger partial charge in [-0.05, 0) is 0 Å². The van der Waals surface area contributed by atoms with Crippen molar-refractivity contribution in [2.24, 2.45) is 0 Å². The lowest BCUT2D eigenvalue weighted by Crippen LogP contribution is -2.22. The normalized spacial score (nSPS) is 20.8. The molecule has 0 bridgehead atoms. The maximum Gasteiger partial charge on any atom is 0.409 e. The average Bonchev–Trinajstić information content (AvgIpc) is 1.94. The number of hydrogen-bond donors (Lipinski definition) is 1. The molecule has 1 heterocycles. The fourth-order valence-corrected chi connectivity index (χ4v) is 0.426. The van der Waals surface area contributed by atoms with Gasteiger partial charge in [-0.2, -0.15) is 0 Å². The van der Waals surface area contributed by atoms with Gasteiger partial charge in [0.1, 0.15) is 13.3 Å². The van der Waals surface area contributed by atoms with Crippen molar-refractivity contribution in [3.05, 3.63) is 0 Å². The number of nitrogens with one attached hydrogen (secondary N) is 1. The summed E-state index contributed by atoms with van der Waals surface area (Å²) in [4.78, 5) is 10.3. The van der Waals surface area contributed by atoms with Crippen LogP contribution >= 0.6 is 0 Å². The molecule has 0 radical (unpaired) electrons. The van der Waals surface area contributed by atoms with Gasteiger partial charge in [-0.25, -0.2) is 4.79 Å². The Morgan fingerprint density at radius 3 is 3.25 bits per heavy atom. The van der Waals surface area contributed by atoms with Gasteiger partial charge >= 0.3 is 6.09 Å². The van der Waals surface area contributed by atoms with Gasteiger partial charge in [0.25, 0.3) is 0 Å². The minimum Gasteiger partial charge on any atom is -0.447 e. The number of ether oxygens (including phenoxy) is 2. The molecule has 0 aromatic carbocycles. The first-order valence-corrected chi connectivity index (χ1v) is 2.38. The van der Waals surface area contributed by atoms with E-state index in [2.05, 4.69) is 10.1 Å². The quantitative estimate of drug-likeness (QED) is 0.474. The molecule has 0 atom stereocenters. The van der Waals surface area contributed by atoms with E-state index in [1.54, 1.807) is 0 Å². The van der Waals surface area contributed by atoms with Crippen LogP contribution in [0.3, 0.4) is 0 Å². The number of rotatable bonds is 0. The van der Waals surface area contributed by atoms with Crippen molar-refractivity contribution in [1.82, 2.24) is 5.32 Å². The highest BCUT2D eigenvalue weighted by atomic mass is 16.6. The Bertz CT molecular complexity index is 83.3. The molecule has 1 fully saturated rings. The Labute approximate surface area is 46.8 Å². The van der Waals surface area contributed by atoms with Gasteiger partial charge in [0, 0.05) is 0 Å². The monoisotopic (exact) mass is 117 g/mol. The molecule has 1 rings (SSSR count). The van der Waals surface area contributed by atoms with Crippen molar-refractivity contribution in [3.8, 4) is 0 Å². The standard InChI is InChI=1S/C4H7NO3/c6-4-5-3-7-1-2-8-4/h1-3H2,(H,5,6). The largest absolute Gasteiger partial charge is 0.447 e. The van der Waals surface area contributed by atoms with Crippen molar-refractivity contribution >= 4 is 6.09 Å². The first kappa shape index (κ1) is 5.37. The minimum atomic E-state index is -0.400. The molecule has 8 heavy (non-hydrogen) atoms. The molecule has 0 spiro atoms. The van der Waals surface area contributed by atoms with Crippen LogP contribution in [0.15, 0.2) is 0 Å². The second kappa shape index (κ2) is 2.52. The third kappa shape index (κ3) is 1.38. The zero-order chi connectivity index (χ0) is 5.82. The molecule has 1 aliphatic heterocycles. The van der Waals surface area contributed by atoms with E-state index in [0.717, 1.165) is 0 Å². The Morgan fingerprint density at radius 1 is 1.50 bits per heavy atom. The van der Waals surface area contributed by atoms with Gasteiger partial charge in [0.15, 0.2) is 0 Å². The molecule has 46 valence electrons. The minimum absolute atomic E-state index is 0.263. The second-order valence-electron chi connectivity index (χ2n) is 1.37. The van der Waals surface area contributed by atoms with E-state index in [-0.39, 0.29) is 6.73 Å². The van der Waals surface area contributed by atoms with Crippen molar-refractivity contribution in [1.29, 1.82) is 0 Å². The van der Waals surface area contributed by atoms with Crippen LogP contribution in [0.4, 0.5) is 4.79 Å². The Balaban J connectivity index is 2.27. The first-order chi connectivity index (χ1) is 3.89. The summed E-state index contributed by atoms with van der Waals surface area (Å²) >= 11 is 0. The molecule has 4 nitrogen and oxygen atoms in total. The molecule has 1 aliphatic rings. The van der Waals surface area contributed by atoms with Crippen LogP contribution < -0.4 is 5.32 Å². The van der Waals surface area contributed by atoms with Crippen LogP contribution in [-0.2, 0) is 9.47 Å². The molecule has 1 N–H and O–H groups in total. The van der Waals surface area contributed by atoms with E-state index in [1.165, 1.54) is 0 Å². The van der Waals surface area contributed by atoms with Gasteiger partial charge in [-0.15, -0.1) is 0 Å². The van der Waals surface area contributed by atoms with Crippen LogP contribution in [-0.4, -0.2) is 26.0 Å². The fraction of sp³-hybridized carbons (Fsp3) is 0.750. The van der Waals surface area contributed by atoms with Crippen LogP contribution in [0.1, 0.15) is 0 Å². The average molecular weight is 117 g/mol. The number of carbonyl (C=O) groups is 1. The molecule has 0 unspecified atom stereocenters. The maximum absolute atomic E-state index is 10.3. The Morgan fingerprint density at radius 2 is 2.38 bits per heavy atom. The molecule has 0 aliphatic carbocycles. The van der Waals surface area contributed by atoms with E-state index >= 15 is 0 Å². The zero-order valence-corrected chi connectivity index (χ0v) is 4.35. The van der Waals surface area contributed by atoms with E-state index in [0.29, 0.717) is 13.2 Å². The third-order valence-corrected chi connectivity index (χ3v) is 0.779. The lowest BCUT2D eigenvalue weighted by atomic mass is 10.8. The fourth-order valence-electron chi connectivity index (χ4n) is 0.426. The molecular formula is C4H7NO3. The number of carbonyl (C=O) groups excluding carboxylic acids is 1. The van der Waals surface area contributed by atoms with Crippen molar-refractivity contribution < 1.29 is 14.3 Å². The third-order valence-electron chi connectivity index (χ3n) is 0.779. The Kier molecular flexibility index (Phi) is 1.69. The predicted octanol–water partition coefficient (Wildman–Crippen LogP) is -0.300. The van der Waals surface area contributed by atoms with Gasteiger partial charge < -0.3 is 9.47 Å². The van der Waals surface area contributed by atoms with E-state index in [1.807, 2.05) is 0 Å². The molecular weight excluding hydrogens is 110 g/mol. The number of cyclic esters (lactones) is 1. The summed E-state index contributed by atoms with van der Waals surface area (Å²) in [5.41, 5.74) is 0. The SMILES string of the molecule is O=C1NCOCCO1. The molecule has 0 saturated carbocycles. The summed E-state index contributed by atoms with van der Waals surface area (Å²) in [5, 5.41) is 2.36. The lowest BCUT2D eigenvalue weighted by Gasteiger charge is -1.94. The molecule has 0 aromatic rings. The van der Waals surface area contributed by atoms with Crippen molar-refractivity contribution in [3.63, 3.8) is 0 Å². The van der Waals surface area contributed by atoms with Gasteiger partial charge in [0.2, 0.25) is 0 Å². The van der Waals surface area contributed by atoms with E-state index in [9.17, 15) is 4.79 Å². The van der Waals surface area contributed by atoms with Crippen LogP contribution in [0.5, 0.6) is 0 Å². The second-order valence-corrected chi connectivity index (χ2v) is 1.37. The Hall–Kier alpha value is -0.770. The highest BCUT2D eigenvalue weighted by Crippen LogP contribution is 1.83. The summed E-state index contributed by atoms with van der Waals surface area (Å²) in [6.07, 6.45) is -0.400. The topological polar surface area (TPSA) is 47.6 Å². The summed E-state index contributed by atoms with van der Waals surface area (Å²) in [6, 6.07) is 0. The summed E-state index contributed by atoms with van der Waals surface area (Å²) in [7, 11) is 0. The molecule has 1 amide bonds. The number of hydrogen-bond acceptors (Lipinski definition) is 3. The van der Waals surface area contributed by atoms with Crippen molar-refractivity contribution in [2.45, 2.75) is 0 Å². The summed E-state index contributed by atoms with van der Waals surface area (Å²) < 4.78 is 9.34. The van der Waals surface area contributed by atoms with Gasteiger partial charge in [0.05, 0.1) is 6.61 Å². The van der Waals surface area contributed by atoms with Gasteiger partial charge in [-0.3, -0.25) is 5.32 Å². The molecule has 4 heteroatoms. The van der Waals surface area contributed by atoms with E-state index in [4.69, 9.17) is 4.74 Å². The van der Waals surface area contributed by atoms with E-state index < -0.39 is 6.09 Å². The highest BCUT2D eigenvalue weighted by molar-refractivity contribution is 5.66. The number of amides is 1. The van der Waals surface area contributed by atoms with Crippen molar-refractivity contribution in [2.75, 3.05) is 19.9 Å². The van der Waals surface area contributed by atoms with Crippen LogP contribution in [0, 0.1) is 0 Å². The zero-order valence-electron chi connectivity index (χ0n) is 4.35. The summed E-state index contributed by atoms with van der Waals surface area (Å²) in [5.74, 6) is 0. The first-order valence-electron chi connectivity index (χ1n) is 2.38. The van der Waals surface area contributed by atoms with Crippen LogP contribution in [0.2, 0.25) is 0 Å². The van der Waals surface area contributed by atoms with Crippen LogP contribution in [0.25, 0.3) is 0 Å². The molecule has 1 saturated heterocycles. The smallest absolute Gasteiger partial charge is 0.409 e.